The average molecular weight is 494 g/mol. The van der Waals surface area contributed by atoms with Crippen LogP contribution in [-0.2, 0) is 4.74 Å². The van der Waals surface area contributed by atoms with Gasteiger partial charge < -0.3 is 29.3 Å². The van der Waals surface area contributed by atoms with Crippen LogP contribution in [0.15, 0.2) is 36.8 Å². The number of ether oxygens (including phenoxy) is 3. The maximum atomic E-state index is 6.48. The molecule has 10 nitrogen and oxygen atoms in total. The highest BCUT2D eigenvalue weighted by Gasteiger charge is 2.25. The van der Waals surface area contributed by atoms with Gasteiger partial charge in [-0.15, -0.1) is 0 Å². The number of morpholine rings is 1. The first-order chi connectivity index (χ1) is 17.6. The van der Waals surface area contributed by atoms with Gasteiger partial charge in [-0.05, 0) is 51.9 Å². The summed E-state index contributed by atoms with van der Waals surface area (Å²) in [5.74, 6) is 2.90. The lowest BCUT2D eigenvalue weighted by Gasteiger charge is -2.31. The quantitative estimate of drug-likeness (QED) is 0.479. The van der Waals surface area contributed by atoms with Gasteiger partial charge in [-0.2, -0.15) is 4.98 Å². The van der Waals surface area contributed by atoms with Crippen molar-refractivity contribution in [1.29, 1.82) is 0 Å². The van der Waals surface area contributed by atoms with Crippen LogP contribution in [0.3, 0.4) is 0 Å². The standard InChI is InChI=1S/C26H35N7O3/c1-32(2)10-15-35-21-17-28-26(29-18-21)30-19-5-7-20(8-6-19)36-25-22-4-3-9-27-23(22)16-24(31-25)33-11-13-34-14-12-33/h3-4,9,16-20H,5-8,10-15H2,1-2H3,(H,28,29,30)/t19-,20+. The number of anilines is 2. The van der Waals surface area contributed by atoms with Crippen molar-refractivity contribution in [2.75, 3.05) is 63.8 Å². The molecule has 3 aromatic heterocycles. The second-order valence-electron chi connectivity index (χ2n) is 9.59. The fourth-order valence-corrected chi connectivity index (χ4v) is 4.55. The van der Waals surface area contributed by atoms with E-state index in [9.17, 15) is 0 Å². The third kappa shape index (κ3) is 6.30. The van der Waals surface area contributed by atoms with Gasteiger partial charge in [0.2, 0.25) is 11.8 Å². The minimum Gasteiger partial charge on any atom is -0.489 e. The van der Waals surface area contributed by atoms with E-state index in [0.717, 1.165) is 62.0 Å². The molecule has 4 heterocycles. The van der Waals surface area contributed by atoms with Crippen LogP contribution in [-0.4, -0.2) is 90.5 Å². The maximum absolute atomic E-state index is 6.48. The Hall–Kier alpha value is -3.24. The molecule has 0 amide bonds. The molecule has 2 aliphatic rings. The molecule has 1 aliphatic heterocycles. The summed E-state index contributed by atoms with van der Waals surface area (Å²) < 4.78 is 17.7. The fourth-order valence-electron chi connectivity index (χ4n) is 4.55. The van der Waals surface area contributed by atoms with Crippen LogP contribution in [0.2, 0.25) is 0 Å². The summed E-state index contributed by atoms with van der Waals surface area (Å²) in [4.78, 5) is 22.6. The summed E-state index contributed by atoms with van der Waals surface area (Å²) in [5.41, 5.74) is 0.908. The van der Waals surface area contributed by atoms with Gasteiger partial charge in [-0.25, -0.2) is 9.97 Å². The van der Waals surface area contributed by atoms with E-state index in [-0.39, 0.29) is 6.10 Å². The molecule has 0 bridgehead atoms. The Balaban J connectivity index is 1.17. The third-order valence-electron chi connectivity index (χ3n) is 6.61. The van der Waals surface area contributed by atoms with Gasteiger partial charge >= 0.3 is 0 Å². The predicted molar refractivity (Wildman–Crippen MR) is 139 cm³/mol. The number of nitrogens with one attached hydrogen (secondary N) is 1. The highest BCUT2D eigenvalue weighted by molar-refractivity contribution is 5.85. The van der Waals surface area contributed by atoms with Crippen molar-refractivity contribution >= 4 is 22.7 Å². The number of fused-ring (bicyclic) bond motifs is 1. The number of rotatable bonds is 9. The molecular formula is C26H35N7O3. The molecule has 0 spiro atoms. The van der Waals surface area contributed by atoms with Gasteiger partial charge in [0.1, 0.15) is 18.5 Å². The zero-order chi connectivity index (χ0) is 24.7. The van der Waals surface area contributed by atoms with Crippen molar-refractivity contribution in [1.82, 2.24) is 24.8 Å². The number of likely N-dealkylation sites (N-methyl/N-ethyl adjacent to an activating group) is 1. The van der Waals surface area contributed by atoms with E-state index in [0.29, 0.717) is 43.4 Å². The lowest BCUT2D eigenvalue weighted by molar-refractivity contribution is 0.122. The number of hydrogen-bond donors (Lipinski definition) is 1. The van der Waals surface area contributed by atoms with E-state index in [2.05, 4.69) is 30.1 Å². The van der Waals surface area contributed by atoms with Gasteiger partial charge in [0.15, 0.2) is 5.75 Å². The predicted octanol–water partition coefficient (Wildman–Crippen LogP) is 3.00. The van der Waals surface area contributed by atoms with Crippen LogP contribution in [0.5, 0.6) is 11.6 Å². The van der Waals surface area contributed by atoms with Gasteiger partial charge in [0.05, 0.1) is 36.5 Å². The van der Waals surface area contributed by atoms with Gasteiger partial charge in [0, 0.05) is 37.9 Å². The van der Waals surface area contributed by atoms with E-state index in [1.807, 2.05) is 38.5 Å². The zero-order valence-electron chi connectivity index (χ0n) is 21.1. The molecule has 0 aromatic carbocycles. The molecule has 5 rings (SSSR count). The van der Waals surface area contributed by atoms with Crippen LogP contribution < -0.4 is 19.7 Å². The summed E-state index contributed by atoms with van der Waals surface area (Å²) in [6, 6.07) is 6.33. The number of aromatic nitrogens is 4. The molecule has 1 saturated carbocycles. The average Bonchev–Trinajstić information content (AvgIpc) is 2.91. The smallest absolute Gasteiger partial charge is 0.225 e. The Morgan fingerprint density at radius 3 is 2.61 bits per heavy atom. The summed E-state index contributed by atoms with van der Waals surface area (Å²) in [6.45, 7) is 4.54. The first-order valence-corrected chi connectivity index (χ1v) is 12.8. The van der Waals surface area contributed by atoms with Crippen molar-refractivity contribution in [3.8, 4) is 11.6 Å². The topological polar surface area (TPSA) is 97.8 Å². The molecule has 1 N–H and O–H groups in total. The maximum Gasteiger partial charge on any atom is 0.225 e. The van der Waals surface area contributed by atoms with Crippen LogP contribution in [0.1, 0.15) is 25.7 Å². The molecule has 2 fully saturated rings. The number of nitrogens with zero attached hydrogens (tertiary/aromatic N) is 6. The fraction of sp³-hybridized carbons (Fsp3) is 0.538. The Labute approximate surface area is 212 Å². The molecular weight excluding hydrogens is 458 g/mol. The van der Waals surface area contributed by atoms with Gasteiger partial charge in [0.25, 0.3) is 0 Å². The first kappa shape index (κ1) is 24.5. The molecule has 36 heavy (non-hydrogen) atoms. The molecule has 0 unspecified atom stereocenters. The highest BCUT2D eigenvalue weighted by Crippen LogP contribution is 2.31. The Morgan fingerprint density at radius 1 is 1.08 bits per heavy atom. The lowest BCUT2D eigenvalue weighted by Crippen LogP contribution is -2.37. The Bertz CT molecular complexity index is 1110. The molecule has 10 heteroatoms. The van der Waals surface area contributed by atoms with Crippen molar-refractivity contribution < 1.29 is 14.2 Å². The van der Waals surface area contributed by atoms with E-state index in [1.165, 1.54) is 0 Å². The summed E-state index contributed by atoms with van der Waals surface area (Å²) in [6.07, 6.45) is 9.23. The monoisotopic (exact) mass is 493 g/mol. The van der Waals surface area contributed by atoms with Crippen LogP contribution in [0.25, 0.3) is 10.9 Å². The lowest BCUT2D eigenvalue weighted by atomic mass is 9.93. The molecule has 0 radical (unpaired) electrons. The molecule has 0 atom stereocenters. The van der Waals surface area contributed by atoms with Gasteiger partial charge in [-0.3, -0.25) is 4.98 Å². The van der Waals surface area contributed by atoms with Crippen molar-refractivity contribution in [2.45, 2.75) is 37.8 Å². The molecule has 3 aromatic rings. The Kier molecular flexibility index (Phi) is 7.92. The van der Waals surface area contributed by atoms with Crippen LogP contribution in [0, 0.1) is 0 Å². The first-order valence-electron chi connectivity index (χ1n) is 12.8. The summed E-state index contributed by atoms with van der Waals surface area (Å²) in [7, 11) is 4.04. The summed E-state index contributed by atoms with van der Waals surface area (Å²) >= 11 is 0. The minimum atomic E-state index is 0.118. The zero-order valence-corrected chi connectivity index (χ0v) is 21.1. The summed E-state index contributed by atoms with van der Waals surface area (Å²) in [5, 5.41) is 4.42. The molecule has 1 aliphatic carbocycles. The third-order valence-corrected chi connectivity index (χ3v) is 6.61. The van der Waals surface area contributed by atoms with Crippen molar-refractivity contribution in [2.24, 2.45) is 0 Å². The van der Waals surface area contributed by atoms with E-state index < -0.39 is 0 Å². The second kappa shape index (κ2) is 11.7. The number of pyridine rings is 2. The largest absolute Gasteiger partial charge is 0.489 e. The van der Waals surface area contributed by atoms with Gasteiger partial charge in [-0.1, -0.05) is 0 Å². The van der Waals surface area contributed by atoms with E-state index >= 15 is 0 Å². The Morgan fingerprint density at radius 2 is 1.86 bits per heavy atom. The van der Waals surface area contributed by atoms with Crippen molar-refractivity contribution in [3.05, 3.63) is 36.8 Å². The molecule has 192 valence electrons. The SMILES string of the molecule is CN(C)CCOc1cnc(N[C@H]2CC[C@@H](Oc3nc(N4CCOCC4)cc4ncccc34)CC2)nc1. The van der Waals surface area contributed by atoms with E-state index in [4.69, 9.17) is 19.2 Å². The van der Waals surface area contributed by atoms with E-state index in [1.54, 1.807) is 12.4 Å². The number of hydrogen-bond acceptors (Lipinski definition) is 10. The second-order valence-corrected chi connectivity index (χ2v) is 9.59. The van der Waals surface area contributed by atoms with Crippen LogP contribution >= 0.6 is 0 Å². The van der Waals surface area contributed by atoms with Crippen LogP contribution in [0.4, 0.5) is 11.8 Å². The molecule has 1 saturated heterocycles. The van der Waals surface area contributed by atoms with Crippen molar-refractivity contribution in [3.63, 3.8) is 0 Å². The highest BCUT2D eigenvalue weighted by atomic mass is 16.5. The minimum absolute atomic E-state index is 0.118. The normalized spacial score (nSPS) is 20.5.